The average molecular weight is 275 g/mol. The molecular weight excluding hydrogens is 246 g/mol. The molecule has 1 unspecified atom stereocenters. The van der Waals surface area contributed by atoms with E-state index in [1.807, 2.05) is 0 Å². The van der Waals surface area contributed by atoms with E-state index < -0.39 is 0 Å². The Bertz CT molecular complexity index is 366. The van der Waals surface area contributed by atoms with Crippen LogP contribution in [-0.2, 0) is 0 Å². The predicted molar refractivity (Wildman–Crippen MR) is 85.0 cm³/mol. The molecule has 0 spiro atoms. The standard InChI is InChI=1S/C18H29NO/c1-2-14-20-17-12-10-16(11-13-17)18(19)15-8-6-4-3-5-7-9-15/h10-13,15,18H,2-9,14,19H2,1H3. The van der Waals surface area contributed by atoms with Crippen molar-refractivity contribution in [2.24, 2.45) is 11.7 Å². The first-order chi connectivity index (χ1) is 9.81. The highest BCUT2D eigenvalue weighted by atomic mass is 16.5. The summed E-state index contributed by atoms with van der Waals surface area (Å²) in [5, 5.41) is 0. The summed E-state index contributed by atoms with van der Waals surface area (Å²) < 4.78 is 5.63. The Balaban J connectivity index is 1.94. The molecule has 112 valence electrons. The summed E-state index contributed by atoms with van der Waals surface area (Å²) in [6.07, 6.45) is 10.5. The quantitative estimate of drug-likeness (QED) is 0.835. The van der Waals surface area contributed by atoms with Gasteiger partial charge in [0.2, 0.25) is 0 Å². The number of nitrogens with two attached hydrogens (primary N) is 1. The first-order valence-corrected chi connectivity index (χ1v) is 8.29. The molecule has 1 aliphatic carbocycles. The Morgan fingerprint density at radius 1 is 1.05 bits per heavy atom. The highest BCUT2D eigenvalue weighted by molar-refractivity contribution is 5.29. The summed E-state index contributed by atoms with van der Waals surface area (Å²) in [6.45, 7) is 2.91. The van der Waals surface area contributed by atoms with Gasteiger partial charge in [-0.05, 0) is 42.9 Å². The Hall–Kier alpha value is -1.02. The Labute approximate surface area is 123 Å². The summed E-state index contributed by atoms with van der Waals surface area (Å²) in [7, 11) is 0. The molecule has 1 aromatic rings. The first-order valence-electron chi connectivity index (χ1n) is 8.29. The molecule has 1 fully saturated rings. The van der Waals surface area contributed by atoms with E-state index in [-0.39, 0.29) is 6.04 Å². The molecular formula is C18H29NO. The first kappa shape index (κ1) is 15.4. The molecule has 20 heavy (non-hydrogen) atoms. The molecule has 0 aliphatic heterocycles. The van der Waals surface area contributed by atoms with Crippen molar-refractivity contribution in [3.8, 4) is 5.75 Å². The normalized spacial score (nSPS) is 19.1. The van der Waals surface area contributed by atoms with Gasteiger partial charge in [0.05, 0.1) is 6.61 Å². The van der Waals surface area contributed by atoms with E-state index in [4.69, 9.17) is 10.5 Å². The van der Waals surface area contributed by atoms with E-state index in [1.54, 1.807) is 0 Å². The Kier molecular flexibility index (Phi) is 6.38. The van der Waals surface area contributed by atoms with Crippen molar-refractivity contribution < 1.29 is 4.74 Å². The maximum atomic E-state index is 6.50. The van der Waals surface area contributed by atoms with E-state index in [0.717, 1.165) is 18.8 Å². The fourth-order valence-corrected chi connectivity index (χ4v) is 3.13. The second-order valence-electron chi connectivity index (χ2n) is 6.05. The van der Waals surface area contributed by atoms with Crippen LogP contribution in [0.5, 0.6) is 5.75 Å². The van der Waals surface area contributed by atoms with Gasteiger partial charge in [0.25, 0.3) is 0 Å². The van der Waals surface area contributed by atoms with Gasteiger partial charge >= 0.3 is 0 Å². The molecule has 1 atom stereocenters. The number of ether oxygens (including phenoxy) is 1. The van der Waals surface area contributed by atoms with Crippen molar-refractivity contribution in [1.82, 2.24) is 0 Å². The zero-order valence-corrected chi connectivity index (χ0v) is 12.8. The fourth-order valence-electron chi connectivity index (χ4n) is 3.13. The minimum atomic E-state index is 0.188. The number of rotatable bonds is 5. The van der Waals surface area contributed by atoms with Gasteiger partial charge < -0.3 is 10.5 Å². The van der Waals surface area contributed by atoms with Gasteiger partial charge in [0.1, 0.15) is 5.75 Å². The summed E-state index contributed by atoms with van der Waals surface area (Å²) in [5.41, 5.74) is 7.76. The lowest BCUT2D eigenvalue weighted by Gasteiger charge is -2.26. The SMILES string of the molecule is CCCOc1ccc(C(N)C2CCCCCCC2)cc1. The van der Waals surface area contributed by atoms with Crippen LogP contribution >= 0.6 is 0 Å². The Morgan fingerprint density at radius 3 is 2.25 bits per heavy atom. The van der Waals surface area contributed by atoms with Gasteiger partial charge in [-0.2, -0.15) is 0 Å². The minimum Gasteiger partial charge on any atom is -0.494 e. The lowest BCUT2D eigenvalue weighted by Crippen LogP contribution is -2.22. The van der Waals surface area contributed by atoms with Crippen LogP contribution in [0.4, 0.5) is 0 Å². The molecule has 0 radical (unpaired) electrons. The van der Waals surface area contributed by atoms with E-state index in [0.29, 0.717) is 5.92 Å². The predicted octanol–water partition coefficient (Wildman–Crippen LogP) is 4.84. The van der Waals surface area contributed by atoms with Crippen LogP contribution in [0.25, 0.3) is 0 Å². The second-order valence-corrected chi connectivity index (χ2v) is 6.05. The van der Waals surface area contributed by atoms with Gasteiger partial charge in [-0.1, -0.05) is 51.2 Å². The Morgan fingerprint density at radius 2 is 1.65 bits per heavy atom. The number of hydrogen-bond donors (Lipinski definition) is 1. The highest BCUT2D eigenvalue weighted by Gasteiger charge is 2.20. The zero-order chi connectivity index (χ0) is 14.2. The maximum Gasteiger partial charge on any atom is 0.119 e. The van der Waals surface area contributed by atoms with E-state index >= 15 is 0 Å². The third-order valence-corrected chi connectivity index (χ3v) is 4.40. The zero-order valence-electron chi connectivity index (χ0n) is 12.8. The molecule has 0 heterocycles. The van der Waals surface area contributed by atoms with Crippen molar-refractivity contribution in [1.29, 1.82) is 0 Å². The van der Waals surface area contributed by atoms with Gasteiger partial charge in [-0.15, -0.1) is 0 Å². The molecule has 1 aliphatic rings. The van der Waals surface area contributed by atoms with Crippen molar-refractivity contribution in [3.05, 3.63) is 29.8 Å². The summed E-state index contributed by atoms with van der Waals surface area (Å²) in [6, 6.07) is 8.61. The van der Waals surface area contributed by atoms with E-state index in [2.05, 4.69) is 31.2 Å². The average Bonchev–Trinajstić information content (AvgIpc) is 2.45. The van der Waals surface area contributed by atoms with Crippen LogP contribution < -0.4 is 10.5 Å². The van der Waals surface area contributed by atoms with Crippen molar-refractivity contribution in [2.75, 3.05) is 6.61 Å². The molecule has 2 N–H and O–H groups in total. The molecule has 1 saturated carbocycles. The van der Waals surface area contributed by atoms with Gasteiger partial charge in [-0.25, -0.2) is 0 Å². The number of hydrogen-bond acceptors (Lipinski definition) is 2. The summed E-state index contributed by atoms with van der Waals surface area (Å²) >= 11 is 0. The smallest absolute Gasteiger partial charge is 0.119 e. The molecule has 2 nitrogen and oxygen atoms in total. The molecule has 2 rings (SSSR count). The molecule has 0 saturated heterocycles. The topological polar surface area (TPSA) is 35.2 Å². The van der Waals surface area contributed by atoms with Crippen molar-refractivity contribution in [2.45, 2.75) is 64.3 Å². The van der Waals surface area contributed by atoms with Crippen molar-refractivity contribution in [3.63, 3.8) is 0 Å². The molecule has 1 aromatic carbocycles. The molecule has 0 aromatic heterocycles. The molecule has 2 heteroatoms. The molecule has 0 bridgehead atoms. The summed E-state index contributed by atoms with van der Waals surface area (Å²) in [5.74, 6) is 1.61. The third-order valence-electron chi connectivity index (χ3n) is 4.40. The fraction of sp³-hybridized carbons (Fsp3) is 0.667. The monoisotopic (exact) mass is 275 g/mol. The maximum absolute atomic E-state index is 6.50. The van der Waals surface area contributed by atoms with Crippen molar-refractivity contribution >= 4 is 0 Å². The van der Waals surface area contributed by atoms with Crippen LogP contribution in [0.15, 0.2) is 24.3 Å². The van der Waals surface area contributed by atoms with Crippen LogP contribution in [0, 0.1) is 5.92 Å². The van der Waals surface area contributed by atoms with Crippen LogP contribution in [0.2, 0.25) is 0 Å². The van der Waals surface area contributed by atoms with Gasteiger partial charge in [0.15, 0.2) is 0 Å². The summed E-state index contributed by atoms with van der Waals surface area (Å²) in [4.78, 5) is 0. The third kappa shape index (κ3) is 4.52. The van der Waals surface area contributed by atoms with Crippen LogP contribution in [-0.4, -0.2) is 6.61 Å². The second kappa shape index (κ2) is 8.31. The lowest BCUT2D eigenvalue weighted by molar-refractivity contribution is 0.315. The van der Waals surface area contributed by atoms with E-state index in [9.17, 15) is 0 Å². The highest BCUT2D eigenvalue weighted by Crippen LogP contribution is 2.31. The number of benzene rings is 1. The lowest BCUT2D eigenvalue weighted by atomic mass is 9.83. The van der Waals surface area contributed by atoms with Gasteiger partial charge in [-0.3, -0.25) is 0 Å². The molecule has 0 amide bonds. The van der Waals surface area contributed by atoms with Crippen LogP contribution in [0.3, 0.4) is 0 Å². The largest absolute Gasteiger partial charge is 0.494 e. The van der Waals surface area contributed by atoms with Crippen LogP contribution in [0.1, 0.15) is 69.9 Å². The van der Waals surface area contributed by atoms with E-state index in [1.165, 1.54) is 50.5 Å². The minimum absolute atomic E-state index is 0.188. The van der Waals surface area contributed by atoms with Gasteiger partial charge in [0, 0.05) is 6.04 Å².